The molecule has 0 aliphatic carbocycles. The Morgan fingerprint density at radius 3 is 3.00 bits per heavy atom. The van der Waals surface area contributed by atoms with Crippen LogP contribution in [0.4, 0.5) is 0 Å². The van der Waals surface area contributed by atoms with Gasteiger partial charge in [0, 0.05) is 32.7 Å². The molecule has 0 radical (unpaired) electrons. The molecule has 1 saturated heterocycles. The van der Waals surface area contributed by atoms with Crippen molar-refractivity contribution in [1.82, 2.24) is 10.6 Å². The topological polar surface area (TPSA) is 59.6 Å². The van der Waals surface area contributed by atoms with E-state index >= 15 is 0 Å². The zero-order chi connectivity index (χ0) is 11.6. The standard InChI is InChI=1S/C11H22N2O3/c1-15-7-8-16-6-2-5-12-9-10-3-4-11(14)13-10/h10,12H,2-9H2,1H3,(H,13,14). The van der Waals surface area contributed by atoms with Crippen molar-refractivity contribution in [2.45, 2.75) is 25.3 Å². The van der Waals surface area contributed by atoms with Crippen LogP contribution in [-0.4, -0.2) is 52.0 Å². The molecule has 1 heterocycles. The van der Waals surface area contributed by atoms with Crippen molar-refractivity contribution in [3.8, 4) is 0 Å². The zero-order valence-corrected chi connectivity index (χ0v) is 9.96. The van der Waals surface area contributed by atoms with Gasteiger partial charge in [-0.3, -0.25) is 4.79 Å². The summed E-state index contributed by atoms with van der Waals surface area (Å²) in [6.07, 6.45) is 2.62. The number of carbonyl (C=O) groups excluding carboxylic acids is 1. The number of methoxy groups -OCH3 is 1. The van der Waals surface area contributed by atoms with Gasteiger partial charge in [0.1, 0.15) is 0 Å². The highest BCUT2D eigenvalue weighted by atomic mass is 16.5. The molecule has 0 spiro atoms. The molecule has 1 atom stereocenters. The van der Waals surface area contributed by atoms with Crippen LogP contribution in [0.25, 0.3) is 0 Å². The lowest BCUT2D eigenvalue weighted by Gasteiger charge is -2.11. The number of rotatable bonds is 9. The second-order valence-electron chi connectivity index (χ2n) is 3.97. The first-order valence-electron chi connectivity index (χ1n) is 5.89. The van der Waals surface area contributed by atoms with E-state index in [1.54, 1.807) is 7.11 Å². The minimum Gasteiger partial charge on any atom is -0.382 e. The number of nitrogens with one attached hydrogen (secondary N) is 2. The average molecular weight is 230 g/mol. The summed E-state index contributed by atoms with van der Waals surface area (Å²) >= 11 is 0. The second-order valence-corrected chi connectivity index (χ2v) is 3.97. The largest absolute Gasteiger partial charge is 0.382 e. The molecule has 16 heavy (non-hydrogen) atoms. The van der Waals surface area contributed by atoms with Gasteiger partial charge in [-0.05, 0) is 19.4 Å². The van der Waals surface area contributed by atoms with Crippen molar-refractivity contribution in [2.75, 3.05) is 40.0 Å². The molecule has 1 aliphatic rings. The Morgan fingerprint density at radius 2 is 2.31 bits per heavy atom. The fourth-order valence-electron chi connectivity index (χ4n) is 1.65. The van der Waals surface area contributed by atoms with Crippen LogP contribution >= 0.6 is 0 Å². The van der Waals surface area contributed by atoms with Gasteiger partial charge in [-0.25, -0.2) is 0 Å². The Labute approximate surface area is 96.9 Å². The molecular weight excluding hydrogens is 208 g/mol. The molecule has 0 bridgehead atoms. The maximum absolute atomic E-state index is 10.9. The van der Waals surface area contributed by atoms with Crippen LogP contribution in [0.15, 0.2) is 0 Å². The van der Waals surface area contributed by atoms with Crippen LogP contribution in [0.1, 0.15) is 19.3 Å². The summed E-state index contributed by atoms with van der Waals surface area (Å²) < 4.78 is 10.2. The average Bonchev–Trinajstić information content (AvgIpc) is 2.68. The molecule has 1 rings (SSSR count). The Bertz CT molecular complexity index is 200. The maximum atomic E-state index is 10.9. The van der Waals surface area contributed by atoms with Crippen molar-refractivity contribution >= 4 is 5.91 Å². The highest BCUT2D eigenvalue weighted by Crippen LogP contribution is 2.04. The predicted molar refractivity (Wildman–Crippen MR) is 61.3 cm³/mol. The Morgan fingerprint density at radius 1 is 1.44 bits per heavy atom. The molecule has 5 nitrogen and oxygen atoms in total. The van der Waals surface area contributed by atoms with Crippen molar-refractivity contribution < 1.29 is 14.3 Å². The molecule has 0 aromatic carbocycles. The van der Waals surface area contributed by atoms with Gasteiger partial charge in [0.2, 0.25) is 5.91 Å². The molecule has 1 unspecified atom stereocenters. The molecule has 2 N–H and O–H groups in total. The van der Waals surface area contributed by atoms with E-state index < -0.39 is 0 Å². The second kappa shape index (κ2) is 8.50. The van der Waals surface area contributed by atoms with E-state index in [9.17, 15) is 4.79 Å². The van der Waals surface area contributed by atoms with Crippen molar-refractivity contribution in [3.63, 3.8) is 0 Å². The summed E-state index contributed by atoms with van der Waals surface area (Å²) in [6, 6.07) is 0.321. The third-order valence-electron chi connectivity index (χ3n) is 2.55. The summed E-state index contributed by atoms with van der Waals surface area (Å²) in [4.78, 5) is 10.9. The molecule has 94 valence electrons. The Kier molecular flexibility index (Phi) is 7.12. The van der Waals surface area contributed by atoms with Crippen LogP contribution in [0.5, 0.6) is 0 Å². The number of amides is 1. The van der Waals surface area contributed by atoms with Gasteiger partial charge in [-0.1, -0.05) is 0 Å². The third kappa shape index (κ3) is 6.05. The molecule has 1 amide bonds. The minimum atomic E-state index is 0.176. The fourth-order valence-corrected chi connectivity index (χ4v) is 1.65. The molecule has 0 aromatic rings. The van der Waals surface area contributed by atoms with Gasteiger partial charge in [0.25, 0.3) is 0 Å². The fraction of sp³-hybridized carbons (Fsp3) is 0.909. The van der Waals surface area contributed by atoms with Gasteiger partial charge in [-0.15, -0.1) is 0 Å². The monoisotopic (exact) mass is 230 g/mol. The molecule has 0 saturated carbocycles. The van der Waals surface area contributed by atoms with Crippen LogP contribution in [-0.2, 0) is 14.3 Å². The van der Waals surface area contributed by atoms with Crippen molar-refractivity contribution in [2.24, 2.45) is 0 Å². The van der Waals surface area contributed by atoms with Crippen LogP contribution < -0.4 is 10.6 Å². The lowest BCUT2D eigenvalue weighted by Crippen LogP contribution is -2.36. The van der Waals surface area contributed by atoms with E-state index in [-0.39, 0.29) is 5.91 Å². The van der Waals surface area contributed by atoms with Gasteiger partial charge in [0.05, 0.1) is 13.2 Å². The Balaban J connectivity index is 1.79. The van der Waals surface area contributed by atoms with Crippen LogP contribution in [0.2, 0.25) is 0 Å². The molecule has 5 heteroatoms. The first-order valence-corrected chi connectivity index (χ1v) is 5.89. The Hall–Kier alpha value is -0.650. The first-order chi connectivity index (χ1) is 7.83. The van der Waals surface area contributed by atoms with E-state index in [4.69, 9.17) is 9.47 Å². The molecular formula is C11H22N2O3. The predicted octanol–water partition coefficient (Wildman–Crippen LogP) is -0.0923. The quantitative estimate of drug-likeness (QED) is 0.543. The van der Waals surface area contributed by atoms with Gasteiger partial charge < -0.3 is 20.1 Å². The summed E-state index contributed by atoms with van der Waals surface area (Å²) in [6.45, 7) is 3.87. The smallest absolute Gasteiger partial charge is 0.220 e. The van der Waals surface area contributed by atoms with Crippen LogP contribution in [0, 0.1) is 0 Å². The lowest BCUT2D eigenvalue weighted by atomic mass is 10.2. The summed E-state index contributed by atoms with van der Waals surface area (Å²) in [5.74, 6) is 0.176. The number of hydrogen-bond donors (Lipinski definition) is 2. The van der Waals surface area contributed by atoms with E-state index in [1.165, 1.54) is 0 Å². The minimum absolute atomic E-state index is 0.176. The van der Waals surface area contributed by atoms with E-state index in [2.05, 4.69) is 10.6 Å². The van der Waals surface area contributed by atoms with Gasteiger partial charge in [-0.2, -0.15) is 0 Å². The molecule has 0 aromatic heterocycles. The highest BCUT2D eigenvalue weighted by molar-refractivity contribution is 5.78. The normalized spacial score (nSPS) is 20.1. The molecule has 1 fully saturated rings. The molecule has 1 aliphatic heterocycles. The first kappa shape index (κ1) is 13.4. The van der Waals surface area contributed by atoms with Crippen LogP contribution in [0.3, 0.4) is 0 Å². The zero-order valence-electron chi connectivity index (χ0n) is 9.96. The van der Waals surface area contributed by atoms with E-state index in [0.29, 0.717) is 25.7 Å². The summed E-state index contributed by atoms with van der Waals surface area (Å²) in [5.41, 5.74) is 0. The maximum Gasteiger partial charge on any atom is 0.220 e. The summed E-state index contributed by atoms with van der Waals surface area (Å²) in [7, 11) is 1.67. The van der Waals surface area contributed by atoms with Crippen molar-refractivity contribution in [1.29, 1.82) is 0 Å². The van der Waals surface area contributed by atoms with Crippen molar-refractivity contribution in [3.05, 3.63) is 0 Å². The van der Waals surface area contributed by atoms with Gasteiger partial charge >= 0.3 is 0 Å². The van der Waals surface area contributed by atoms with E-state index in [1.807, 2.05) is 0 Å². The SMILES string of the molecule is COCCOCCCNCC1CCC(=O)N1. The van der Waals surface area contributed by atoms with E-state index in [0.717, 1.165) is 32.5 Å². The number of carbonyl (C=O) groups is 1. The lowest BCUT2D eigenvalue weighted by molar-refractivity contribution is -0.119. The highest BCUT2D eigenvalue weighted by Gasteiger charge is 2.19. The third-order valence-corrected chi connectivity index (χ3v) is 2.55. The number of ether oxygens (including phenoxy) is 2. The number of hydrogen-bond acceptors (Lipinski definition) is 4. The van der Waals surface area contributed by atoms with Gasteiger partial charge in [0.15, 0.2) is 0 Å². The summed E-state index contributed by atoms with van der Waals surface area (Å²) in [5, 5.41) is 6.24.